The van der Waals surface area contributed by atoms with Gasteiger partial charge in [-0.1, -0.05) is 23.4 Å². The normalized spacial score (nSPS) is 15.7. The molecule has 0 amide bonds. The van der Waals surface area contributed by atoms with Gasteiger partial charge in [0.25, 0.3) is 0 Å². The van der Waals surface area contributed by atoms with Crippen LogP contribution in [-0.2, 0) is 4.79 Å². The number of hydrogen-bond donors (Lipinski definition) is 2. The summed E-state index contributed by atoms with van der Waals surface area (Å²) in [5.74, 6) is -2.93. The maximum Gasteiger partial charge on any atom is 0.306 e. The molecule has 182 valence electrons. The number of benzene rings is 2. The van der Waals surface area contributed by atoms with Gasteiger partial charge in [0.1, 0.15) is 11.6 Å². The molecule has 8 heteroatoms. The molecule has 3 aromatic rings. The van der Waals surface area contributed by atoms with E-state index in [4.69, 9.17) is 0 Å². The summed E-state index contributed by atoms with van der Waals surface area (Å²) in [6.07, 6.45) is 2.97. The van der Waals surface area contributed by atoms with E-state index >= 15 is 0 Å². The summed E-state index contributed by atoms with van der Waals surface area (Å²) in [7, 11) is 0. The SMILES string of the molecule is Cc1cc(/C(C[C@H](c2ccc(N3CCC(C(=O)O)CC3)cc2)c2ccc(F)cc2F)=N/O)ccn1. The second-order valence-corrected chi connectivity index (χ2v) is 8.85. The van der Waals surface area contributed by atoms with Crippen LogP contribution in [0.1, 0.15) is 47.6 Å². The molecule has 0 spiro atoms. The molecule has 1 aliphatic rings. The van der Waals surface area contributed by atoms with E-state index in [2.05, 4.69) is 15.0 Å². The first kappa shape index (κ1) is 24.3. The standard InChI is InChI=1S/C27H27F2N3O3/c1-17-14-20(8-11-30-17)26(31-35)16-24(23-7-4-21(28)15-25(23)29)18-2-5-22(6-3-18)32-12-9-19(10-13-32)27(33)34/h2-8,11,14-15,19,24,35H,9-10,12-13,16H2,1H3,(H,33,34)/b31-26+/t24-/m1/s1. The Bertz CT molecular complexity index is 1220. The number of rotatable bonds is 7. The van der Waals surface area contributed by atoms with Crippen LogP contribution in [0.25, 0.3) is 0 Å². The van der Waals surface area contributed by atoms with E-state index in [1.807, 2.05) is 31.2 Å². The van der Waals surface area contributed by atoms with Crippen LogP contribution in [0.2, 0.25) is 0 Å². The van der Waals surface area contributed by atoms with E-state index in [0.717, 1.165) is 23.0 Å². The van der Waals surface area contributed by atoms with Crippen LogP contribution in [0.4, 0.5) is 14.5 Å². The molecule has 1 aromatic heterocycles. The number of nitrogens with zero attached hydrogens (tertiary/aromatic N) is 3. The quantitative estimate of drug-likeness (QED) is 0.270. The van der Waals surface area contributed by atoms with Gasteiger partial charge in [0.05, 0.1) is 11.6 Å². The van der Waals surface area contributed by atoms with Crippen LogP contribution in [0.15, 0.2) is 65.9 Å². The molecule has 1 aliphatic heterocycles. The summed E-state index contributed by atoms with van der Waals surface area (Å²) < 4.78 is 28.5. The molecule has 35 heavy (non-hydrogen) atoms. The van der Waals surface area contributed by atoms with Gasteiger partial charge in [0.2, 0.25) is 0 Å². The van der Waals surface area contributed by atoms with Crippen LogP contribution >= 0.6 is 0 Å². The summed E-state index contributed by atoms with van der Waals surface area (Å²) in [6, 6.07) is 14.6. The molecule has 1 atom stereocenters. The third kappa shape index (κ3) is 5.65. The number of carboxylic acid groups (broad SMARTS) is 1. The first-order chi connectivity index (χ1) is 16.9. The van der Waals surface area contributed by atoms with Crippen molar-refractivity contribution >= 4 is 17.4 Å². The number of aryl methyl sites for hydroxylation is 1. The number of aliphatic carboxylic acids is 1. The van der Waals surface area contributed by atoms with Crippen molar-refractivity contribution in [2.24, 2.45) is 11.1 Å². The average molecular weight is 480 g/mol. The number of hydrogen-bond acceptors (Lipinski definition) is 5. The fraction of sp³-hybridized carbons (Fsp3) is 0.296. The third-order valence-electron chi connectivity index (χ3n) is 6.59. The first-order valence-electron chi connectivity index (χ1n) is 11.5. The van der Waals surface area contributed by atoms with Crippen molar-refractivity contribution < 1.29 is 23.9 Å². The summed E-state index contributed by atoms with van der Waals surface area (Å²) in [6.45, 7) is 3.12. The minimum absolute atomic E-state index is 0.186. The molecule has 0 unspecified atom stereocenters. The summed E-state index contributed by atoms with van der Waals surface area (Å²) in [5, 5.41) is 22.5. The van der Waals surface area contributed by atoms with Crippen molar-refractivity contribution in [2.45, 2.75) is 32.1 Å². The molecule has 6 nitrogen and oxygen atoms in total. The van der Waals surface area contributed by atoms with Gasteiger partial charge in [-0.3, -0.25) is 9.78 Å². The number of aromatic nitrogens is 1. The van der Waals surface area contributed by atoms with Gasteiger partial charge >= 0.3 is 5.97 Å². The summed E-state index contributed by atoms with van der Waals surface area (Å²) in [5.41, 5.74) is 3.83. The minimum atomic E-state index is -0.755. The largest absolute Gasteiger partial charge is 0.481 e. The Labute approximate surface area is 202 Å². The molecule has 1 saturated heterocycles. The number of anilines is 1. The highest BCUT2D eigenvalue weighted by Gasteiger charge is 2.26. The highest BCUT2D eigenvalue weighted by atomic mass is 19.1. The number of carbonyl (C=O) groups is 1. The zero-order valence-corrected chi connectivity index (χ0v) is 19.4. The maximum absolute atomic E-state index is 14.9. The topological polar surface area (TPSA) is 86.0 Å². The van der Waals surface area contributed by atoms with E-state index in [1.54, 1.807) is 18.3 Å². The van der Waals surface area contributed by atoms with Gasteiger partial charge in [-0.15, -0.1) is 0 Å². The second-order valence-electron chi connectivity index (χ2n) is 8.85. The minimum Gasteiger partial charge on any atom is -0.481 e. The fourth-order valence-electron chi connectivity index (χ4n) is 4.63. The molecule has 0 aliphatic carbocycles. The van der Waals surface area contributed by atoms with E-state index < -0.39 is 23.5 Å². The zero-order valence-electron chi connectivity index (χ0n) is 19.4. The molecule has 0 radical (unpaired) electrons. The second kappa shape index (κ2) is 10.6. The lowest BCUT2D eigenvalue weighted by Gasteiger charge is -2.32. The Kier molecular flexibility index (Phi) is 7.39. The van der Waals surface area contributed by atoms with Crippen molar-refractivity contribution in [2.75, 3.05) is 18.0 Å². The number of pyridine rings is 1. The fourth-order valence-corrected chi connectivity index (χ4v) is 4.63. The first-order valence-corrected chi connectivity index (χ1v) is 11.5. The van der Waals surface area contributed by atoms with Crippen LogP contribution in [0.3, 0.4) is 0 Å². The summed E-state index contributed by atoms with van der Waals surface area (Å²) >= 11 is 0. The Hall–Kier alpha value is -3.81. The predicted octanol–water partition coefficient (Wildman–Crippen LogP) is 5.37. The Morgan fingerprint density at radius 2 is 1.83 bits per heavy atom. The lowest BCUT2D eigenvalue weighted by Crippen LogP contribution is -2.36. The lowest BCUT2D eigenvalue weighted by atomic mass is 9.85. The van der Waals surface area contributed by atoms with E-state index in [-0.39, 0.29) is 12.3 Å². The average Bonchev–Trinajstić information content (AvgIpc) is 2.86. The predicted molar refractivity (Wildman–Crippen MR) is 129 cm³/mol. The molecule has 4 rings (SSSR count). The van der Waals surface area contributed by atoms with Crippen molar-refractivity contribution in [1.82, 2.24) is 4.98 Å². The van der Waals surface area contributed by atoms with Crippen molar-refractivity contribution in [1.29, 1.82) is 0 Å². The molecule has 1 fully saturated rings. The zero-order chi connectivity index (χ0) is 24.9. The molecule has 2 N–H and O–H groups in total. The van der Waals surface area contributed by atoms with Crippen LogP contribution in [0, 0.1) is 24.5 Å². The maximum atomic E-state index is 14.9. The molecule has 0 bridgehead atoms. The van der Waals surface area contributed by atoms with Gasteiger partial charge in [0, 0.05) is 54.6 Å². The Balaban J connectivity index is 1.63. The third-order valence-corrected chi connectivity index (χ3v) is 6.59. The van der Waals surface area contributed by atoms with Crippen LogP contribution in [-0.4, -0.2) is 40.1 Å². The lowest BCUT2D eigenvalue weighted by molar-refractivity contribution is -0.142. The Morgan fingerprint density at radius 1 is 1.11 bits per heavy atom. The van der Waals surface area contributed by atoms with Gasteiger partial charge in [-0.05, 0) is 61.2 Å². The highest BCUT2D eigenvalue weighted by molar-refractivity contribution is 6.00. The van der Waals surface area contributed by atoms with E-state index in [0.29, 0.717) is 42.8 Å². The monoisotopic (exact) mass is 479 g/mol. The van der Waals surface area contributed by atoms with E-state index in [1.165, 1.54) is 12.1 Å². The molecular formula is C27H27F2N3O3. The number of oxime groups is 1. The van der Waals surface area contributed by atoms with Crippen molar-refractivity contribution in [3.8, 4) is 0 Å². The molecule has 2 heterocycles. The molecule has 2 aromatic carbocycles. The number of carboxylic acids is 1. The highest BCUT2D eigenvalue weighted by Crippen LogP contribution is 2.34. The van der Waals surface area contributed by atoms with Gasteiger partial charge in [0.15, 0.2) is 0 Å². The van der Waals surface area contributed by atoms with Crippen molar-refractivity contribution in [3.05, 3.63) is 94.8 Å². The van der Waals surface area contributed by atoms with Crippen molar-refractivity contribution in [3.63, 3.8) is 0 Å². The summed E-state index contributed by atoms with van der Waals surface area (Å²) in [4.78, 5) is 17.5. The molecular weight excluding hydrogens is 452 g/mol. The number of piperidine rings is 1. The van der Waals surface area contributed by atoms with Gasteiger partial charge in [-0.25, -0.2) is 8.78 Å². The Morgan fingerprint density at radius 3 is 2.43 bits per heavy atom. The van der Waals surface area contributed by atoms with E-state index in [9.17, 15) is 23.9 Å². The molecule has 0 saturated carbocycles. The number of halogens is 2. The van der Waals surface area contributed by atoms with Crippen LogP contribution in [0.5, 0.6) is 0 Å². The van der Waals surface area contributed by atoms with Crippen LogP contribution < -0.4 is 4.90 Å². The van der Waals surface area contributed by atoms with Gasteiger partial charge in [-0.2, -0.15) is 0 Å². The van der Waals surface area contributed by atoms with Gasteiger partial charge < -0.3 is 15.2 Å². The smallest absolute Gasteiger partial charge is 0.306 e.